The van der Waals surface area contributed by atoms with E-state index < -0.39 is 24.2 Å². The highest BCUT2D eigenvalue weighted by Crippen LogP contribution is 2.28. The molecular formula is C21H31NO4. The summed E-state index contributed by atoms with van der Waals surface area (Å²) >= 11 is 0. The third-order valence-corrected chi connectivity index (χ3v) is 4.96. The standard InChI is InChI=1S/C21H31NO4/c1-13(2)20(23)26-19-15(4)25-21(24)18(22)7-5-6-17(19)12-16-10-8-14(3)9-11-16/h8-11,13,15,17-19H,5-7,12,22H2,1-4H3/t15-,17+,18-,19-/m0/s1. The van der Waals surface area contributed by atoms with Gasteiger partial charge in [-0.1, -0.05) is 50.1 Å². The Morgan fingerprint density at radius 3 is 2.54 bits per heavy atom. The Balaban J connectivity index is 2.25. The fraction of sp³-hybridized carbons (Fsp3) is 0.619. The zero-order valence-corrected chi connectivity index (χ0v) is 16.2. The fourth-order valence-electron chi connectivity index (χ4n) is 3.31. The number of esters is 2. The van der Waals surface area contributed by atoms with Crippen molar-refractivity contribution in [2.75, 3.05) is 0 Å². The topological polar surface area (TPSA) is 78.6 Å². The molecule has 0 radical (unpaired) electrons. The molecule has 5 heteroatoms. The highest BCUT2D eigenvalue weighted by atomic mass is 16.6. The van der Waals surface area contributed by atoms with Crippen LogP contribution < -0.4 is 5.73 Å². The second-order valence-electron chi connectivity index (χ2n) is 7.69. The van der Waals surface area contributed by atoms with E-state index in [4.69, 9.17) is 15.2 Å². The molecule has 0 aliphatic carbocycles. The van der Waals surface area contributed by atoms with Crippen molar-refractivity contribution in [2.24, 2.45) is 17.6 Å². The van der Waals surface area contributed by atoms with Crippen molar-refractivity contribution in [1.29, 1.82) is 0 Å². The van der Waals surface area contributed by atoms with E-state index in [1.165, 1.54) is 11.1 Å². The maximum absolute atomic E-state index is 12.2. The zero-order chi connectivity index (χ0) is 19.3. The number of aryl methyl sites for hydroxylation is 1. The second-order valence-corrected chi connectivity index (χ2v) is 7.69. The van der Waals surface area contributed by atoms with Crippen LogP contribution in [0.1, 0.15) is 51.2 Å². The molecule has 1 saturated heterocycles. The van der Waals surface area contributed by atoms with Crippen molar-refractivity contribution >= 4 is 11.9 Å². The van der Waals surface area contributed by atoms with Gasteiger partial charge < -0.3 is 15.2 Å². The Morgan fingerprint density at radius 1 is 1.27 bits per heavy atom. The predicted octanol–water partition coefficient (Wildman–Crippen LogP) is 3.16. The first-order valence-corrected chi connectivity index (χ1v) is 9.50. The number of ether oxygens (including phenoxy) is 2. The lowest BCUT2D eigenvalue weighted by molar-refractivity contribution is -0.173. The molecule has 1 aliphatic rings. The van der Waals surface area contributed by atoms with Gasteiger partial charge in [0.25, 0.3) is 0 Å². The molecule has 0 unspecified atom stereocenters. The van der Waals surface area contributed by atoms with Gasteiger partial charge in [0.05, 0.1) is 5.92 Å². The maximum Gasteiger partial charge on any atom is 0.323 e. The van der Waals surface area contributed by atoms with Crippen molar-refractivity contribution in [1.82, 2.24) is 0 Å². The third kappa shape index (κ3) is 5.56. The second kappa shape index (κ2) is 9.17. The minimum atomic E-state index is -0.614. The average molecular weight is 361 g/mol. The molecule has 0 amide bonds. The van der Waals surface area contributed by atoms with Gasteiger partial charge in [0, 0.05) is 5.92 Å². The minimum absolute atomic E-state index is 0.0773. The van der Waals surface area contributed by atoms with E-state index in [-0.39, 0.29) is 17.8 Å². The summed E-state index contributed by atoms with van der Waals surface area (Å²) in [6.45, 7) is 7.45. The fourth-order valence-corrected chi connectivity index (χ4v) is 3.31. The first kappa shape index (κ1) is 20.4. The molecule has 1 aromatic carbocycles. The average Bonchev–Trinajstić information content (AvgIpc) is 2.63. The van der Waals surface area contributed by atoms with Gasteiger partial charge in [0.15, 0.2) is 0 Å². The van der Waals surface area contributed by atoms with Crippen molar-refractivity contribution < 1.29 is 19.1 Å². The summed E-state index contributed by atoms with van der Waals surface area (Å²) in [4.78, 5) is 24.4. The van der Waals surface area contributed by atoms with Crippen LogP contribution in [-0.4, -0.2) is 30.2 Å². The van der Waals surface area contributed by atoms with Gasteiger partial charge in [-0.2, -0.15) is 0 Å². The van der Waals surface area contributed by atoms with E-state index in [1.807, 2.05) is 0 Å². The van der Waals surface area contributed by atoms with E-state index in [1.54, 1.807) is 20.8 Å². The molecule has 144 valence electrons. The van der Waals surface area contributed by atoms with E-state index in [0.29, 0.717) is 6.42 Å². The molecule has 1 fully saturated rings. The monoisotopic (exact) mass is 361 g/mol. The summed E-state index contributed by atoms with van der Waals surface area (Å²) < 4.78 is 11.3. The number of rotatable bonds is 4. The maximum atomic E-state index is 12.2. The zero-order valence-electron chi connectivity index (χ0n) is 16.2. The van der Waals surface area contributed by atoms with Gasteiger partial charge in [-0.15, -0.1) is 0 Å². The largest absolute Gasteiger partial charge is 0.458 e. The number of hydrogen-bond acceptors (Lipinski definition) is 5. The van der Waals surface area contributed by atoms with E-state index in [0.717, 1.165) is 19.3 Å². The van der Waals surface area contributed by atoms with Crippen LogP contribution in [-0.2, 0) is 25.5 Å². The molecule has 1 aromatic rings. The number of hydrogen-bond donors (Lipinski definition) is 1. The van der Waals surface area contributed by atoms with E-state index in [2.05, 4.69) is 31.2 Å². The molecule has 5 nitrogen and oxygen atoms in total. The Hall–Kier alpha value is -1.88. The summed E-state index contributed by atoms with van der Waals surface area (Å²) in [6.07, 6.45) is 1.99. The van der Waals surface area contributed by atoms with Gasteiger partial charge in [0.2, 0.25) is 0 Å². The summed E-state index contributed by atoms with van der Waals surface area (Å²) in [5, 5.41) is 0. The number of nitrogens with two attached hydrogens (primary N) is 1. The SMILES string of the molecule is Cc1ccc(C[C@H]2CCC[C@H](N)C(=O)O[C@@H](C)[C@@H]2OC(=O)C(C)C)cc1. The molecular weight excluding hydrogens is 330 g/mol. The van der Waals surface area contributed by atoms with Gasteiger partial charge >= 0.3 is 11.9 Å². The van der Waals surface area contributed by atoms with Gasteiger partial charge in [-0.3, -0.25) is 9.59 Å². The van der Waals surface area contributed by atoms with Gasteiger partial charge in [0.1, 0.15) is 18.2 Å². The number of carbonyl (C=O) groups is 2. The molecule has 26 heavy (non-hydrogen) atoms. The lowest BCUT2D eigenvalue weighted by Gasteiger charge is -2.31. The lowest BCUT2D eigenvalue weighted by Crippen LogP contribution is -2.42. The van der Waals surface area contributed by atoms with Crippen LogP contribution in [0.5, 0.6) is 0 Å². The Kier molecular flexibility index (Phi) is 7.21. The van der Waals surface area contributed by atoms with Crippen LogP contribution in [0.3, 0.4) is 0 Å². The van der Waals surface area contributed by atoms with Crippen molar-refractivity contribution in [3.8, 4) is 0 Å². The Labute approximate surface area is 156 Å². The Bertz CT molecular complexity index is 611. The van der Waals surface area contributed by atoms with Crippen LogP contribution in [0.4, 0.5) is 0 Å². The molecule has 2 rings (SSSR count). The normalized spacial score (nSPS) is 27.2. The highest BCUT2D eigenvalue weighted by molar-refractivity contribution is 5.75. The Morgan fingerprint density at radius 2 is 1.92 bits per heavy atom. The molecule has 0 spiro atoms. The van der Waals surface area contributed by atoms with E-state index in [9.17, 15) is 9.59 Å². The van der Waals surface area contributed by atoms with Crippen molar-refractivity contribution in [3.05, 3.63) is 35.4 Å². The smallest absolute Gasteiger partial charge is 0.323 e. The van der Waals surface area contributed by atoms with Crippen LogP contribution in [0.2, 0.25) is 0 Å². The number of benzene rings is 1. The lowest BCUT2D eigenvalue weighted by atomic mass is 9.86. The van der Waals surface area contributed by atoms with E-state index >= 15 is 0 Å². The number of cyclic esters (lactones) is 1. The summed E-state index contributed by atoms with van der Waals surface area (Å²) in [6, 6.07) is 7.76. The molecule has 0 aromatic heterocycles. The summed E-state index contributed by atoms with van der Waals surface area (Å²) in [5.41, 5.74) is 8.30. The molecule has 4 atom stereocenters. The van der Waals surface area contributed by atoms with Crippen LogP contribution in [0, 0.1) is 18.8 Å². The van der Waals surface area contributed by atoms with Crippen LogP contribution in [0.25, 0.3) is 0 Å². The minimum Gasteiger partial charge on any atom is -0.458 e. The first-order chi connectivity index (χ1) is 12.3. The van der Waals surface area contributed by atoms with Crippen molar-refractivity contribution in [2.45, 2.75) is 71.6 Å². The highest BCUT2D eigenvalue weighted by Gasteiger charge is 2.35. The predicted molar refractivity (Wildman–Crippen MR) is 100 cm³/mol. The molecule has 0 saturated carbocycles. The van der Waals surface area contributed by atoms with Gasteiger partial charge in [-0.05, 0) is 38.7 Å². The molecule has 1 heterocycles. The summed E-state index contributed by atoms with van der Waals surface area (Å²) in [5.74, 6) is -0.837. The first-order valence-electron chi connectivity index (χ1n) is 9.50. The van der Waals surface area contributed by atoms with Crippen LogP contribution >= 0.6 is 0 Å². The van der Waals surface area contributed by atoms with Crippen molar-refractivity contribution in [3.63, 3.8) is 0 Å². The third-order valence-electron chi connectivity index (χ3n) is 4.96. The molecule has 1 aliphatic heterocycles. The molecule has 2 N–H and O–H groups in total. The number of carbonyl (C=O) groups excluding carboxylic acids is 2. The summed E-state index contributed by atoms with van der Waals surface area (Å²) in [7, 11) is 0. The quantitative estimate of drug-likeness (QED) is 0.834. The van der Waals surface area contributed by atoms with Gasteiger partial charge in [-0.25, -0.2) is 0 Å². The molecule has 0 bridgehead atoms. The van der Waals surface area contributed by atoms with Crippen LogP contribution in [0.15, 0.2) is 24.3 Å².